The van der Waals surface area contributed by atoms with Crippen LogP contribution >= 0.6 is 0 Å². The highest BCUT2D eigenvalue weighted by Crippen LogP contribution is 2.46. The van der Waals surface area contributed by atoms with Crippen LogP contribution in [0.1, 0.15) is 12.0 Å². The number of carbonyl (C=O) groups is 1. The summed E-state index contributed by atoms with van der Waals surface area (Å²) in [4.78, 5) is 12.4. The summed E-state index contributed by atoms with van der Waals surface area (Å²) in [6, 6.07) is 7.02. The first-order valence-electron chi connectivity index (χ1n) is 6.62. The fourth-order valence-electron chi connectivity index (χ4n) is 3.47. The normalized spacial score (nSPS) is 30.9. The Morgan fingerprint density at radius 2 is 2.15 bits per heavy atom. The quantitative estimate of drug-likeness (QED) is 0.764. The number of nitrogens with one attached hydrogen (secondary N) is 1. The number of benzene rings is 1. The highest BCUT2D eigenvalue weighted by atomic mass is 32.2. The molecule has 0 radical (unpaired) electrons. The lowest BCUT2D eigenvalue weighted by Crippen LogP contribution is -2.45. The topological polar surface area (TPSA) is 72.5 Å². The van der Waals surface area contributed by atoms with Gasteiger partial charge in [0.15, 0.2) is 9.84 Å². The molecule has 2 aliphatic rings. The number of sulfone groups is 1. The molecule has 1 spiro atoms. The Kier molecular flexibility index (Phi) is 3.10. The van der Waals surface area contributed by atoms with E-state index in [2.05, 4.69) is 5.32 Å². The fraction of sp³-hybridized carbons (Fsp3) is 0.500. The first-order chi connectivity index (χ1) is 9.51. The van der Waals surface area contributed by atoms with Gasteiger partial charge in [-0.15, -0.1) is 0 Å². The third-order valence-electron chi connectivity index (χ3n) is 4.52. The third kappa shape index (κ3) is 1.78. The molecule has 1 saturated heterocycles. The van der Waals surface area contributed by atoms with Crippen molar-refractivity contribution in [2.24, 2.45) is 5.92 Å². The number of ether oxygens (including phenoxy) is 1. The Hall–Kier alpha value is -1.40. The number of methoxy groups -OCH3 is 1. The second-order valence-corrected chi connectivity index (χ2v) is 7.51. The molecule has 2 atom stereocenters. The molecule has 0 aromatic heterocycles. The van der Waals surface area contributed by atoms with Gasteiger partial charge < -0.3 is 10.1 Å². The van der Waals surface area contributed by atoms with Crippen LogP contribution in [0.5, 0.6) is 0 Å². The second-order valence-electron chi connectivity index (χ2n) is 5.43. The molecule has 108 valence electrons. The van der Waals surface area contributed by atoms with Gasteiger partial charge in [-0.05, 0) is 18.1 Å². The summed E-state index contributed by atoms with van der Waals surface area (Å²) in [6.07, 6.45) is 0.457. The molecule has 1 N–H and O–H groups in total. The van der Waals surface area contributed by atoms with Gasteiger partial charge in [0.05, 0.1) is 23.7 Å². The first-order valence-corrected chi connectivity index (χ1v) is 8.27. The third-order valence-corrected chi connectivity index (χ3v) is 6.28. The molecule has 2 unspecified atom stereocenters. The monoisotopic (exact) mass is 295 g/mol. The average Bonchev–Trinajstić information content (AvgIpc) is 2.88. The molecular weight excluding hydrogens is 278 g/mol. The van der Waals surface area contributed by atoms with Crippen molar-refractivity contribution in [1.82, 2.24) is 5.32 Å². The average molecular weight is 295 g/mol. The zero-order valence-corrected chi connectivity index (χ0v) is 12.1. The molecule has 0 bridgehead atoms. The number of rotatable bonds is 1. The lowest BCUT2D eigenvalue weighted by atomic mass is 9.70. The van der Waals surface area contributed by atoms with Crippen LogP contribution in [0.2, 0.25) is 0 Å². The first kappa shape index (κ1) is 13.6. The van der Waals surface area contributed by atoms with E-state index in [0.29, 0.717) is 24.4 Å². The minimum Gasteiger partial charge on any atom is -0.469 e. The molecule has 5 nitrogen and oxygen atoms in total. The fourth-order valence-corrected chi connectivity index (χ4v) is 5.21. The highest BCUT2D eigenvalue weighted by Gasteiger charge is 2.52. The molecule has 0 aliphatic carbocycles. The molecule has 2 heterocycles. The van der Waals surface area contributed by atoms with E-state index < -0.39 is 15.3 Å². The van der Waals surface area contributed by atoms with Crippen LogP contribution in [0.3, 0.4) is 0 Å². The minimum absolute atomic E-state index is 0.0825. The summed E-state index contributed by atoms with van der Waals surface area (Å²) in [5.41, 5.74) is 0.293. The van der Waals surface area contributed by atoms with Gasteiger partial charge in [0.25, 0.3) is 0 Å². The van der Waals surface area contributed by atoms with E-state index in [4.69, 9.17) is 4.74 Å². The van der Waals surface area contributed by atoms with Crippen LogP contribution in [0.4, 0.5) is 0 Å². The Bertz CT molecular complexity index is 655. The zero-order chi connectivity index (χ0) is 14.4. The van der Waals surface area contributed by atoms with E-state index in [1.165, 1.54) is 7.11 Å². The number of fused-ring (bicyclic) bond motifs is 2. The number of esters is 1. The van der Waals surface area contributed by atoms with Gasteiger partial charge in [-0.3, -0.25) is 4.79 Å². The van der Waals surface area contributed by atoms with Crippen LogP contribution in [-0.2, 0) is 24.8 Å². The molecule has 1 fully saturated rings. The van der Waals surface area contributed by atoms with Crippen molar-refractivity contribution in [3.05, 3.63) is 29.8 Å². The Balaban J connectivity index is 2.18. The molecule has 20 heavy (non-hydrogen) atoms. The van der Waals surface area contributed by atoms with Gasteiger partial charge in [-0.2, -0.15) is 0 Å². The van der Waals surface area contributed by atoms with Crippen molar-refractivity contribution in [2.45, 2.75) is 16.7 Å². The van der Waals surface area contributed by atoms with Crippen LogP contribution in [0.25, 0.3) is 0 Å². The maximum absolute atomic E-state index is 12.2. The van der Waals surface area contributed by atoms with Gasteiger partial charge in [0.1, 0.15) is 0 Å². The van der Waals surface area contributed by atoms with Gasteiger partial charge in [-0.1, -0.05) is 18.2 Å². The molecule has 2 aliphatic heterocycles. The van der Waals surface area contributed by atoms with E-state index in [1.807, 2.05) is 12.1 Å². The largest absolute Gasteiger partial charge is 0.469 e. The maximum atomic E-state index is 12.2. The molecule has 0 amide bonds. The smallest absolute Gasteiger partial charge is 0.310 e. The minimum atomic E-state index is -3.24. The van der Waals surface area contributed by atoms with E-state index in [1.54, 1.807) is 12.1 Å². The van der Waals surface area contributed by atoms with Gasteiger partial charge in [0.2, 0.25) is 0 Å². The van der Waals surface area contributed by atoms with Crippen molar-refractivity contribution in [3.8, 4) is 0 Å². The lowest BCUT2D eigenvalue weighted by Gasteiger charge is -2.38. The lowest BCUT2D eigenvalue weighted by molar-refractivity contribution is -0.146. The number of hydrogen-bond donors (Lipinski definition) is 1. The van der Waals surface area contributed by atoms with E-state index in [-0.39, 0.29) is 17.6 Å². The van der Waals surface area contributed by atoms with Crippen molar-refractivity contribution in [2.75, 3.05) is 26.0 Å². The van der Waals surface area contributed by atoms with E-state index in [0.717, 1.165) is 5.56 Å². The summed E-state index contributed by atoms with van der Waals surface area (Å²) < 4.78 is 29.3. The molecule has 1 aromatic carbocycles. The standard InChI is InChI=1S/C14H17NO4S/c1-19-13(16)11-8-15-9-14(11)6-7-20(17,18)12-5-3-2-4-10(12)14/h2-5,11,15H,6-9H2,1H3. The van der Waals surface area contributed by atoms with Crippen LogP contribution in [-0.4, -0.2) is 40.3 Å². The van der Waals surface area contributed by atoms with Crippen LogP contribution < -0.4 is 5.32 Å². The number of hydrogen-bond acceptors (Lipinski definition) is 5. The van der Waals surface area contributed by atoms with Gasteiger partial charge in [-0.25, -0.2) is 8.42 Å². The Morgan fingerprint density at radius 1 is 1.40 bits per heavy atom. The Labute approximate surface area is 118 Å². The molecule has 1 aromatic rings. The maximum Gasteiger partial charge on any atom is 0.310 e. The Morgan fingerprint density at radius 3 is 2.90 bits per heavy atom. The van der Waals surface area contributed by atoms with E-state index in [9.17, 15) is 13.2 Å². The summed E-state index contributed by atoms with van der Waals surface area (Å²) in [5.74, 6) is -0.521. The predicted octanol–water partition coefficient (Wildman–Crippen LogP) is 0.494. The van der Waals surface area contributed by atoms with Gasteiger partial charge >= 0.3 is 5.97 Å². The predicted molar refractivity (Wildman–Crippen MR) is 73.2 cm³/mol. The molecule has 6 heteroatoms. The van der Waals surface area contributed by atoms with Gasteiger partial charge in [0, 0.05) is 18.5 Å². The van der Waals surface area contributed by atoms with E-state index >= 15 is 0 Å². The summed E-state index contributed by atoms with van der Waals surface area (Å²) in [6.45, 7) is 1.14. The zero-order valence-electron chi connectivity index (χ0n) is 11.3. The SMILES string of the molecule is COC(=O)C1CNCC12CCS(=O)(=O)c1ccccc12. The summed E-state index contributed by atoms with van der Waals surface area (Å²) in [5, 5.41) is 3.22. The van der Waals surface area contributed by atoms with Crippen LogP contribution in [0, 0.1) is 5.92 Å². The highest BCUT2D eigenvalue weighted by molar-refractivity contribution is 7.91. The molecule has 3 rings (SSSR count). The second kappa shape index (κ2) is 4.56. The molecule has 0 saturated carbocycles. The molecular formula is C14H17NO4S. The van der Waals surface area contributed by atoms with Crippen molar-refractivity contribution >= 4 is 15.8 Å². The van der Waals surface area contributed by atoms with Crippen LogP contribution in [0.15, 0.2) is 29.2 Å². The number of carbonyl (C=O) groups excluding carboxylic acids is 1. The van der Waals surface area contributed by atoms with Crippen molar-refractivity contribution in [1.29, 1.82) is 0 Å². The summed E-state index contributed by atoms with van der Waals surface area (Å²) >= 11 is 0. The van der Waals surface area contributed by atoms with Crippen molar-refractivity contribution < 1.29 is 17.9 Å². The summed E-state index contributed by atoms with van der Waals surface area (Å²) in [7, 11) is -1.87. The van der Waals surface area contributed by atoms with Crippen molar-refractivity contribution in [3.63, 3.8) is 0 Å².